The molecule has 0 radical (unpaired) electrons. The zero-order valence-corrected chi connectivity index (χ0v) is 17.1. The number of nitrogens with one attached hydrogen (secondary N) is 3. The first kappa shape index (κ1) is 21.9. The summed E-state index contributed by atoms with van der Waals surface area (Å²) in [5, 5.41) is 13.2. The SMILES string of the molecule is CNC(=O)COc1ccc(Nc2nc(Nc3ccc(S(N)(=O)=O)cc3)ncc2F)cc1. The number of primary sulfonamides is 1. The minimum absolute atomic E-state index is 0.0387. The molecule has 0 unspecified atom stereocenters. The van der Waals surface area contributed by atoms with Crippen LogP contribution in [0.4, 0.5) is 27.5 Å². The minimum atomic E-state index is -3.80. The summed E-state index contributed by atoms with van der Waals surface area (Å²) in [7, 11) is -2.29. The van der Waals surface area contributed by atoms with E-state index in [0.717, 1.165) is 6.20 Å². The van der Waals surface area contributed by atoms with Crippen LogP contribution in [0.15, 0.2) is 59.6 Å². The van der Waals surface area contributed by atoms with Crippen molar-refractivity contribution >= 4 is 39.1 Å². The molecule has 0 spiro atoms. The van der Waals surface area contributed by atoms with E-state index in [2.05, 4.69) is 25.9 Å². The van der Waals surface area contributed by atoms with Crippen molar-refractivity contribution in [1.29, 1.82) is 0 Å². The Kier molecular flexibility index (Phi) is 6.62. The van der Waals surface area contributed by atoms with Crippen LogP contribution in [0.3, 0.4) is 0 Å². The number of carbonyl (C=O) groups excluding carboxylic acids is 1. The third-order valence-electron chi connectivity index (χ3n) is 3.95. The molecule has 0 saturated heterocycles. The maximum Gasteiger partial charge on any atom is 0.257 e. The summed E-state index contributed by atoms with van der Waals surface area (Å²) in [5.74, 6) is -0.433. The van der Waals surface area contributed by atoms with E-state index in [-0.39, 0.29) is 29.2 Å². The molecule has 162 valence electrons. The molecule has 0 atom stereocenters. The number of likely N-dealkylation sites (N-methyl/N-ethyl adjacent to an activating group) is 1. The highest BCUT2D eigenvalue weighted by Crippen LogP contribution is 2.23. The number of ether oxygens (including phenoxy) is 1. The van der Waals surface area contributed by atoms with Crippen molar-refractivity contribution in [3.05, 3.63) is 60.5 Å². The van der Waals surface area contributed by atoms with Gasteiger partial charge >= 0.3 is 0 Å². The van der Waals surface area contributed by atoms with Gasteiger partial charge in [0.2, 0.25) is 16.0 Å². The standard InChI is InChI=1S/C19H19FN6O4S/c1-22-17(27)11-30-14-6-2-12(3-7-14)24-18-16(20)10-23-19(26-18)25-13-4-8-15(9-5-13)31(21,28)29/h2-10H,11H2,1H3,(H,22,27)(H2,21,28,29)(H2,23,24,25,26). The fraction of sp³-hybridized carbons (Fsp3) is 0.105. The van der Waals surface area contributed by atoms with E-state index < -0.39 is 15.8 Å². The molecule has 2 aromatic carbocycles. The zero-order chi connectivity index (χ0) is 22.4. The number of amides is 1. The summed E-state index contributed by atoms with van der Waals surface area (Å²) in [5.41, 5.74) is 1.02. The van der Waals surface area contributed by atoms with Crippen molar-refractivity contribution < 1.29 is 22.3 Å². The molecular formula is C19H19FN6O4S. The number of nitrogens with two attached hydrogens (primary N) is 1. The van der Waals surface area contributed by atoms with Gasteiger partial charge in [0, 0.05) is 18.4 Å². The van der Waals surface area contributed by atoms with Crippen LogP contribution in [0.2, 0.25) is 0 Å². The molecule has 1 amide bonds. The van der Waals surface area contributed by atoms with E-state index in [1.54, 1.807) is 24.3 Å². The van der Waals surface area contributed by atoms with Gasteiger partial charge in [0.1, 0.15) is 5.75 Å². The molecule has 3 rings (SSSR count). The monoisotopic (exact) mass is 446 g/mol. The average Bonchev–Trinajstić information content (AvgIpc) is 2.75. The van der Waals surface area contributed by atoms with Gasteiger partial charge < -0.3 is 20.7 Å². The van der Waals surface area contributed by atoms with Crippen LogP contribution in [-0.2, 0) is 14.8 Å². The Hall–Kier alpha value is -3.77. The van der Waals surface area contributed by atoms with Crippen molar-refractivity contribution in [3.8, 4) is 5.75 Å². The molecule has 3 aromatic rings. The highest BCUT2D eigenvalue weighted by atomic mass is 32.2. The molecule has 10 nitrogen and oxygen atoms in total. The van der Waals surface area contributed by atoms with E-state index in [9.17, 15) is 17.6 Å². The Labute approximate surface area is 177 Å². The Bertz CT molecular complexity index is 1170. The lowest BCUT2D eigenvalue weighted by molar-refractivity contribution is -0.122. The highest BCUT2D eigenvalue weighted by molar-refractivity contribution is 7.89. The van der Waals surface area contributed by atoms with E-state index in [0.29, 0.717) is 17.1 Å². The molecule has 0 aliphatic heterocycles. The number of sulfonamides is 1. The van der Waals surface area contributed by atoms with Crippen LogP contribution in [0.5, 0.6) is 5.75 Å². The molecule has 0 aliphatic rings. The number of rotatable bonds is 8. The summed E-state index contributed by atoms with van der Waals surface area (Å²) < 4.78 is 42.1. The van der Waals surface area contributed by atoms with Crippen molar-refractivity contribution in [3.63, 3.8) is 0 Å². The number of aromatic nitrogens is 2. The minimum Gasteiger partial charge on any atom is -0.484 e. The van der Waals surface area contributed by atoms with E-state index in [1.807, 2.05) is 0 Å². The quantitative estimate of drug-likeness (QED) is 0.410. The number of benzene rings is 2. The van der Waals surface area contributed by atoms with Crippen molar-refractivity contribution in [2.75, 3.05) is 24.3 Å². The van der Waals surface area contributed by atoms with Crippen molar-refractivity contribution in [2.45, 2.75) is 4.90 Å². The number of hydrogen-bond acceptors (Lipinski definition) is 8. The molecule has 5 N–H and O–H groups in total. The van der Waals surface area contributed by atoms with Gasteiger partial charge in [-0.3, -0.25) is 4.79 Å². The molecule has 31 heavy (non-hydrogen) atoms. The molecule has 0 bridgehead atoms. The molecule has 12 heteroatoms. The number of halogens is 1. The summed E-state index contributed by atoms with van der Waals surface area (Å²) in [6.07, 6.45) is 0.997. The molecule has 0 aliphatic carbocycles. The van der Waals surface area contributed by atoms with Crippen molar-refractivity contribution in [1.82, 2.24) is 15.3 Å². The summed E-state index contributed by atoms with van der Waals surface area (Å²) in [6.45, 7) is -0.114. The Morgan fingerprint density at radius 1 is 1.06 bits per heavy atom. The third-order valence-corrected chi connectivity index (χ3v) is 4.88. The molecule has 1 aromatic heterocycles. The fourth-order valence-electron chi connectivity index (χ4n) is 2.36. The lowest BCUT2D eigenvalue weighted by atomic mass is 10.3. The maximum absolute atomic E-state index is 14.1. The van der Waals surface area contributed by atoms with Gasteiger partial charge in [0.05, 0.1) is 11.1 Å². The second-order valence-electron chi connectivity index (χ2n) is 6.20. The molecular weight excluding hydrogens is 427 g/mol. The van der Waals surface area contributed by atoms with E-state index >= 15 is 0 Å². The largest absolute Gasteiger partial charge is 0.484 e. The zero-order valence-electron chi connectivity index (χ0n) is 16.3. The van der Waals surface area contributed by atoms with Gasteiger partial charge in [0.15, 0.2) is 18.2 Å². The first-order valence-electron chi connectivity index (χ1n) is 8.87. The van der Waals surface area contributed by atoms with Crippen molar-refractivity contribution in [2.24, 2.45) is 5.14 Å². The van der Waals surface area contributed by atoms with E-state index in [4.69, 9.17) is 9.88 Å². The Balaban J connectivity index is 1.69. The van der Waals surface area contributed by atoms with Gasteiger partial charge in [-0.15, -0.1) is 0 Å². The summed E-state index contributed by atoms with van der Waals surface area (Å²) >= 11 is 0. The Morgan fingerprint density at radius 3 is 2.29 bits per heavy atom. The third kappa shape index (κ3) is 6.10. The predicted molar refractivity (Wildman–Crippen MR) is 112 cm³/mol. The van der Waals surface area contributed by atoms with Crippen LogP contribution in [0.25, 0.3) is 0 Å². The molecule has 0 saturated carbocycles. The van der Waals surface area contributed by atoms with Crippen LogP contribution < -0.4 is 25.8 Å². The van der Waals surface area contributed by atoms with Gasteiger partial charge in [-0.25, -0.2) is 22.9 Å². The topological polar surface area (TPSA) is 148 Å². The number of carbonyl (C=O) groups is 1. The number of anilines is 4. The lowest BCUT2D eigenvalue weighted by Gasteiger charge is -2.11. The molecule has 1 heterocycles. The fourth-order valence-corrected chi connectivity index (χ4v) is 2.88. The predicted octanol–water partition coefficient (Wildman–Crippen LogP) is 1.88. The average molecular weight is 446 g/mol. The van der Waals surface area contributed by atoms with Gasteiger partial charge in [-0.2, -0.15) is 4.98 Å². The number of hydrogen-bond donors (Lipinski definition) is 4. The van der Waals surface area contributed by atoms with Crippen LogP contribution in [-0.4, -0.2) is 37.9 Å². The highest BCUT2D eigenvalue weighted by Gasteiger charge is 2.10. The molecule has 0 fully saturated rings. The second-order valence-corrected chi connectivity index (χ2v) is 7.76. The smallest absolute Gasteiger partial charge is 0.257 e. The summed E-state index contributed by atoms with van der Waals surface area (Å²) in [6, 6.07) is 12.1. The number of nitrogens with zero attached hydrogens (tertiary/aromatic N) is 2. The first-order chi connectivity index (χ1) is 14.7. The van der Waals surface area contributed by atoms with Crippen LogP contribution in [0, 0.1) is 5.82 Å². The van der Waals surface area contributed by atoms with E-state index in [1.165, 1.54) is 31.3 Å². The van der Waals surface area contributed by atoms with Gasteiger partial charge in [-0.05, 0) is 48.5 Å². The lowest BCUT2D eigenvalue weighted by Crippen LogP contribution is -2.24. The Morgan fingerprint density at radius 2 is 1.68 bits per heavy atom. The van der Waals surface area contributed by atoms with Gasteiger partial charge in [0.25, 0.3) is 5.91 Å². The second kappa shape index (κ2) is 9.36. The summed E-state index contributed by atoms with van der Waals surface area (Å²) in [4.78, 5) is 19.1. The first-order valence-corrected chi connectivity index (χ1v) is 10.4. The maximum atomic E-state index is 14.1. The van der Waals surface area contributed by atoms with Gasteiger partial charge in [-0.1, -0.05) is 0 Å². The van der Waals surface area contributed by atoms with Crippen LogP contribution in [0.1, 0.15) is 0 Å². The normalized spacial score (nSPS) is 10.9. The van der Waals surface area contributed by atoms with Crippen LogP contribution >= 0.6 is 0 Å².